The van der Waals surface area contributed by atoms with Crippen LogP contribution in [0.4, 0.5) is 0 Å². The number of nitrogens with zero attached hydrogens (tertiary/aromatic N) is 2. The molecule has 0 aliphatic carbocycles. The Morgan fingerprint density at radius 2 is 1.89 bits per heavy atom. The topological polar surface area (TPSA) is 51.0 Å². The highest BCUT2D eigenvalue weighted by Crippen LogP contribution is 2.07. The molecule has 19 heavy (non-hydrogen) atoms. The van der Waals surface area contributed by atoms with Gasteiger partial charge in [0.2, 0.25) is 5.89 Å². The Morgan fingerprint density at radius 3 is 2.58 bits per heavy atom. The molecule has 2 rings (SSSR count). The van der Waals surface area contributed by atoms with Crippen molar-refractivity contribution in [3.63, 3.8) is 0 Å². The fraction of sp³-hybridized carbons (Fsp3) is 0.467. The van der Waals surface area contributed by atoms with Crippen LogP contribution < -0.4 is 5.32 Å². The molecule has 0 aliphatic heterocycles. The van der Waals surface area contributed by atoms with Crippen molar-refractivity contribution in [3.8, 4) is 0 Å². The Labute approximate surface area is 114 Å². The van der Waals surface area contributed by atoms with Gasteiger partial charge in [0.25, 0.3) is 0 Å². The zero-order chi connectivity index (χ0) is 13.7. The first-order valence-corrected chi connectivity index (χ1v) is 6.74. The normalized spacial score (nSPS) is 12.8. The quantitative estimate of drug-likeness (QED) is 0.866. The Bertz CT molecular complexity index is 493. The van der Waals surface area contributed by atoms with Crippen LogP contribution in [0.2, 0.25) is 0 Å². The Balaban J connectivity index is 1.89. The number of nitrogens with one attached hydrogen (secondary N) is 1. The molecule has 0 radical (unpaired) electrons. The van der Waals surface area contributed by atoms with Crippen LogP contribution in [0.1, 0.15) is 38.0 Å². The van der Waals surface area contributed by atoms with Gasteiger partial charge in [-0.25, -0.2) is 0 Å². The lowest BCUT2D eigenvalue weighted by atomic mass is 10.1. The van der Waals surface area contributed by atoms with E-state index in [1.807, 2.05) is 18.2 Å². The third-order valence-electron chi connectivity index (χ3n) is 3.29. The molecule has 1 aromatic carbocycles. The summed E-state index contributed by atoms with van der Waals surface area (Å²) in [5.41, 5.74) is 1.19. The first kappa shape index (κ1) is 13.7. The molecule has 0 spiro atoms. The molecule has 0 amide bonds. The van der Waals surface area contributed by atoms with Crippen LogP contribution in [0.3, 0.4) is 0 Å². The van der Waals surface area contributed by atoms with E-state index < -0.39 is 0 Å². The van der Waals surface area contributed by atoms with E-state index in [4.69, 9.17) is 4.52 Å². The Morgan fingerprint density at radius 1 is 1.16 bits per heavy atom. The lowest BCUT2D eigenvalue weighted by Crippen LogP contribution is -2.30. The summed E-state index contributed by atoms with van der Waals surface area (Å²) >= 11 is 0. The molecule has 0 saturated carbocycles. The van der Waals surface area contributed by atoms with Gasteiger partial charge in [-0.3, -0.25) is 0 Å². The summed E-state index contributed by atoms with van der Waals surface area (Å²) in [6, 6.07) is 10.6. The van der Waals surface area contributed by atoms with Crippen LogP contribution in [0.25, 0.3) is 0 Å². The van der Waals surface area contributed by atoms with Crippen molar-refractivity contribution in [2.24, 2.45) is 5.92 Å². The van der Waals surface area contributed by atoms with Crippen molar-refractivity contribution >= 4 is 0 Å². The average molecular weight is 259 g/mol. The van der Waals surface area contributed by atoms with Crippen LogP contribution >= 0.6 is 0 Å². The summed E-state index contributed by atoms with van der Waals surface area (Å²) in [7, 11) is 0. The van der Waals surface area contributed by atoms with E-state index in [9.17, 15) is 0 Å². The summed E-state index contributed by atoms with van der Waals surface area (Å²) in [6.07, 6.45) is 0.712. The van der Waals surface area contributed by atoms with Crippen molar-refractivity contribution in [2.45, 2.75) is 39.8 Å². The van der Waals surface area contributed by atoms with E-state index in [1.54, 1.807) is 0 Å². The zero-order valence-electron chi connectivity index (χ0n) is 11.8. The molecule has 1 atom stereocenters. The van der Waals surface area contributed by atoms with Gasteiger partial charge in [0, 0.05) is 12.5 Å². The number of benzene rings is 1. The second kappa shape index (κ2) is 6.48. The van der Waals surface area contributed by atoms with Crippen LogP contribution in [0.15, 0.2) is 34.9 Å². The van der Waals surface area contributed by atoms with E-state index in [1.165, 1.54) is 5.56 Å². The molecule has 4 heteroatoms. The van der Waals surface area contributed by atoms with Gasteiger partial charge in [0.1, 0.15) is 0 Å². The van der Waals surface area contributed by atoms with Crippen LogP contribution in [0, 0.1) is 5.92 Å². The van der Waals surface area contributed by atoms with Crippen molar-refractivity contribution < 1.29 is 4.52 Å². The number of aromatic nitrogens is 2. The van der Waals surface area contributed by atoms with Gasteiger partial charge >= 0.3 is 0 Å². The molecule has 4 nitrogen and oxygen atoms in total. The van der Waals surface area contributed by atoms with Crippen LogP contribution in [-0.4, -0.2) is 16.2 Å². The van der Waals surface area contributed by atoms with Crippen molar-refractivity contribution in [3.05, 3.63) is 47.6 Å². The van der Waals surface area contributed by atoms with Crippen molar-refractivity contribution in [2.75, 3.05) is 0 Å². The molecule has 0 aliphatic rings. The largest absolute Gasteiger partial charge is 0.338 e. The van der Waals surface area contributed by atoms with Crippen molar-refractivity contribution in [1.82, 2.24) is 15.5 Å². The molecule has 0 bridgehead atoms. The van der Waals surface area contributed by atoms with Crippen LogP contribution in [0.5, 0.6) is 0 Å². The first-order valence-electron chi connectivity index (χ1n) is 6.74. The first-order chi connectivity index (χ1) is 9.15. The monoisotopic (exact) mass is 259 g/mol. The van der Waals surface area contributed by atoms with Gasteiger partial charge in [-0.05, 0) is 18.4 Å². The molecule has 0 fully saturated rings. The molecule has 1 heterocycles. The summed E-state index contributed by atoms with van der Waals surface area (Å²) < 4.78 is 5.24. The average Bonchev–Trinajstić information content (AvgIpc) is 2.84. The molecule has 1 N–H and O–H groups in total. The minimum absolute atomic E-state index is 0.435. The van der Waals surface area contributed by atoms with Gasteiger partial charge in [0.15, 0.2) is 5.82 Å². The standard InChI is InChI=1S/C15H21N3O/c1-11(2)12(3)16-10-15-17-14(18-19-15)9-13-7-5-4-6-8-13/h4-8,11-12,16H,9-10H2,1-3H3. The van der Waals surface area contributed by atoms with E-state index in [0.29, 0.717) is 30.8 Å². The maximum atomic E-state index is 5.24. The van der Waals surface area contributed by atoms with Crippen molar-refractivity contribution in [1.29, 1.82) is 0 Å². The van der Waals surface area contributed by atoms with Gasteiger partial charge in [-0.2, -0.15) is 4.98 Å². The van der Waals surface area contributed by atoms with Gasteiger partial charge in [-0.15, -0.1) is 0 Å². The molecular weight excluding hydrogens is 238 g/mol. The maximum absolute atomic E-state index is 5.24. The molecule has 0 saturated heterocycles. The van der Waals surface area contributed by atoms with Gasteiger partial charge in [0.05, 0.1) is 6.54 Å². The fourth-order valence-electron chi connectivity index (χ4n) is 1.70. The third-order valence-corrected chi connectivity index (χ3v) is 3.29. The van der Waals surface area contributed by atoms with Crippen LogP contribution in [-0.2, 0) is 13.0 Å². The summed E-state index contributed by atoms with van der Waals surface area (Å²) in [4.78, 5) is 4.40. The molecule has 102 valence electrons. The minimum atomic E-state index is 0.435. The lowest BCUT2D eigenvalue weighted by molar-refractivity contribution is 0.340. The highest BCUT2D eigenvalue weighted by molar-refractivity contribution is 5.18. The molecule has 2 aromatic rings. The highest BCUT2D eigenvalue weighted by atomic mass is 16.5. The van der Waals surface area contributed by atoms with E-state index in [0.717, 1.165) is 5.82 Å². The van der Waals surface area contributed by atoms with Gasteiger partial charge in [-0.1, -0.05) is 49.3 Å². The van der Waals surface area contributed by atoms with Gasteiger partial charge < -0.3 is 9.84 Å². The summed E-state index contributed by atoms with van der Waals surface area (Å²) in [6.45, 7) is 7.16. The Hall–Kier alpha value is -1.68. The van der Waals surface area contributed by atoms with E-state index >= 15 is 0 Å². The van der Waals surface area contributed by atoms with E-state index in [-0.39, 0.29) is 0 Å². The second-order valence-corrected chi connectivity index (χ2v) is 5.18. The second-order valence-electron chi connectivity index (χ2n) is 5.18. The molecule has 1 unspecified atom stereocenters. The minimum Gasteiger partial charge on any atom is -0.338 e. The summed E-state index contributed by atoms with van der Waals surface area (Å²) in [5.74, 6) is 1.98. The smallest absolute Gasteiger partial charge is 0.240 e. The zero-order valence-corrected chi connectivity index (χ0v) is 11.8. The fourth-order valence-corrected chi connectivity index (χ4v) is 1.70. The molecule has 1 aromatic heterocycles. The summed E-state index contributed by atoms with van der Waals surface area (Å²) in [5, 5.41) is 7.39. The predicted molar refractivity (Wildman–Crippen MR) is 74.7 cm³/mol. The maximum Gasteiger partial charge on any atom is 0.240 e. The predicted octanol–water partition coefficient (Wildman–Crippen LogP) is 2.79. The number of hydrogen-bond donors (Lipinski definition) is 1. The molecular formula is C15H21N3O. The van der Waals surface area contributed by atoms with E-state index in [2.05, 4.69) is 48.4 Å². The number of hydrogen-bond acceptors (Lipinski definition) is 4. The highest BCUT2D eigenvalue weighted by Gasteiger charge is 2.10. The lowest BCUT2D eigenvalue weighted by Gasteiger charge is -2.15. The SMILES string of the molecule is CC(C)C(C)NCc1nc(Cc2ccccc2)no1. The third kappa shape index (κ3) is 4.17. The Kier molecular flexibility index (Phi) is 4.68. The number of rotatable bonds is 6.